The van der Waals surface area contributed by atoms with Crippen LogP contribution in [0.1, 0.15) is 16.8 Å². The summed E-state index contributed by atoms with van der Waals surface area (Å²) in [6.45, 7) is 0.351. The number of sulfone groups is 1. The summed E-state index contributed by atoms with van der Waals surface area (Å²) in [6.07, 6.45) is 3.90. The summed E-state index contributed by atoms with van der Waals surface area (Å²) in [6, 6.07) is 13.0. The highest BCUT2D eigenvalue weighted by molar-refractivity contribution is 7.91. The van der Waals surface area contributed by atoms with Crippen LogP contribution >= 0.6 is 0 Å². The van der Waals surface area contributed by atoms with Crippen LogP contribution in [0.2, 0.25) is 0 Å². The molecule has 0 aliphatic heterocycles. The van der Waals surface area contributed by atoms with Crippen LogP contribution in [-0.2, 0) is 14.6 Å². The highest BCUT2D eigenvalue weighted by Gasteiger charge is 2.18. The van der Waals surface area contributed by atoms with Crippen LogP contribution in [0.3, 0.4) is 0 Å². The second kappa shape index (κ2) is 11.2. The summed E-state index contributed by atoms with van der Waals surface area (Å²) < 4.78 is 36.9. The zero-order valence-corrected chi connectivity index (χ0v) is 21.0. The van der Waals surface area contributed by atoms with Gasteiger partial charge in [-0.25, -0.2) is 13.4 Å². The van der Waals surface area contributed by atoms with Crippen molar-refractivity contribution in [1.29, 1.82) is 0 Å². The van der Waals surface area contributed by atoms with Crippen molar-refractivity contribution in [1.82, 2.24) is 20.2 Å². The SMILES string of the molecule is CNC(=O)c1coc2cc(Oc3ccnc(Nc4cccc(S(=O)(=O)CN(C)CCC=O)c4)n3)ccc12. The Morgan fingerprint density at radius 3 is 2.81 bits per heavy atom. The quantitative estimate of drug-likeness (QED) is 0.281. The van der Waals surface area contributed by atoms with E-state index in [1.54, 1.807) is 55.4 Å². The van der Waals surface area contributed by atoms with Crippen LogP contribution in [0, 0.1) is 0 Å². The molecule has 0 radical (unpaired) electrons. The van der Waals surface area contributed by atoms with Crippen LogP contribution < -0.4 is 15.4 Å². The Balaban J connectivity index is 1.48. The van der Waals surface area contributed by atoms with E-state index in [0.29, 0.717) is 34.5 Å². The number of aromatic nitrogens is 2. The molecule has 12 heteroatoms. The lowest BCUT2D eigenvalue weighted by atomic mass is 10.1. The lowest BCUT2D eigenvalue weighted by molar-refractivity contribution is -0.108. The molecule has 0 atom stereocenters. The minimum atomic E-state index is -3.61. The number of nitrogens with zero attached hydrogens (tertiary/aromatic N) is 3. The molecule has 2 aromatic heterocycles. The third-order valence-corrected chi connectivity index (χ3v) is 7.09. The molecule has 2 N–H and O–H groups in total. The molecule has 0 unspecified atom stereocenters. The first kappa shape index (κ1) is 25.8. The molecule has 192 valence electrons. The van der Waals surface area contributed by atoms with Gasteiger partial charge in [-0.05, 0) is 37.4 Å². The van der Waals surface area contributed by atoms with Crippen molar-refractivity contribution in [3.63, 3.8) is 0 Å². The van der Waals surface area contributed by atoms with Gasteiger partial charge < -0.3 is 24.6 Å². The van der Waals surface area contributed by atoms with E-state index in [-0.39, 0.29) is 34.9 Å². The summed E-state index contributed by atoms with van der Waals surface area (Å²) in [7, 11) is -0.414. The molecule has 11 nitrogen and oxygen atoms in total. The Kier molecular flexibility index (Phi) is 7.80. The van der Waals surface area contributed by atoms with E-state index < -0.39 is 9.84 Å². The van der Waals surface area contributed by atoms with Gasteiger partial charge in [0.15, 0.2) is 9.84 Å². The first-order valence-corrected chi connectivity index (χ1v) is 12.9. The van der Waals surface area contributed by atoms with Gasteiger partial charge in [-0.15, -0.1) is 0 Å². The summed E-state index contributed by atoms with van der Waals surface area (Å²) in [5.74, 6) is 0.434. The zero-order valence-electron chi connectivity index (χ0n) is 20.2. The van der Waals surface area contributed by atoms with Gasteiger partial charge in [0, 0.05) is 49.4 Å². The molecule has 0 aliphatic rings. The summed E-state index contributed by atoms with van der Waals surface area (Å²) in [5.41, 5.74) is 1.39. The summed E-state index contributed by atoms with van der Waals surface area (Å²) in [5, 5.41) is 6.21. The number of amides is 1. The van der Waals surface area contributed by atoms with E-state index in [1.807, 2.05) is 0 Å². The van der Waals surface area contributed by atoms with Crippen LogP contribution in [-0.4, -0.2) is 62.0 Å². The molecule has 2 aromatic carbocycles. The van der Waals surface area contributed by atoms with Gasteiger partial charge in [-0.1, -0.05) is 6.07 Å². The fourth-order valence-electron chi connectivity index (χ4n) is 3.56. The summed E-state index contributed by atoms with van der Waals surface area (Å²) in [4.78, 5) is 32.7. The van der Waals surface area contributed by atoms with E-state index >= 15 is 0 Å². The highest BCUT2D eigenvalue weighted by Crippen LogP contribution is 2.28. The number of fused-ring (bicyclic) bond motifs is 1. The summed E-state index contributed by atoms with van der Waals surface area (Å²) >= 11 is 0. The van der Waals surface area contributed by atoms with E-state index in [1.165, 1.54) is 24.6 Å². The van der Waals surface area contributed by atoms with Gasteiger partial charge >= 0.3 is 0 Å². The lowest BCUT2D eigenvalue weighted by Crippen LogP contribution is -2.27. The zero-order chi connectivity index (χ0) is 26.4. The maximum atomic E-state index is 12.8. The van der Waals surface area contributed by atoms with Gasteiger partial charge in [0.2, 0.25) is 11.8 Å². The molecule has 0 aliphatic carbocycles. The van der Waals surface area contributed by atoms with Crippen molar-refractivity contribution in [2.45, 2.75) is 11.3 Å². The predicted molar refractivity (Wildman–Crippen MR) is 137 cm³/mol. The van der Waals surface area contributed by atoms with E-state index in [4.69, 9.17) is 9.15 Å². The van der Waals surface area contributed by atoms with E-state index in [9.17, 15) is 18.0 Å². The third kappa shape index (κ3) is 6.29. The Bertz CT molecular complexity index is 1540. The largest absolute Gasteiger partial charge is 0.463 e. The number of benzene rings is 2. The Morgan fingerprint density at radius 2 is 2.03 bits per heavy atom. The number of carbonyl (C=O) groups is 2. The van der Waals surface area contributed by atoms with Crippen LogP contribution in [0.5, 0.6) is 11.6 Å². The first-order valence-electron chi connectivity index (χ1n) is 11.3. The molecule has 4 aromatic rings. The maximum Gasteiger partial charge on any atom is 0.254 e. The third-order valence-electron chi connectivity index (χ3n) is 5.34. The van der Waals surface area contributed by atoms with Crippen LogP contribution in [0.4, 0.5) is 11.6 Å². The van der Waals surface area contributed by atoms with Gasteiger partial charge in [0.25, 0.3) is 5.91 Å². The highest BCUT2D eigenvalue weighted by atomic mass is 32.2. The number of ether oxygens (including phenoxy) is 1. The topological polar surface area (TPSA) is 144 Å². The average Bonchev–Trinajstić information content (AvgIpc) is 3.30. The van der Waals surface area contributed by atoms with Gasteiger partial charge in [0.1, 0.15) is 29.8 Å². The monoisotopic (exact) mass is 523 g/mol. The average molecular weight is 524 g/mol. The molecular formula is C25H25N5O6S. The fourth-order valence-corrected chi connectivity index (χ4v) is 5.01. The molecule has 0 saturated heterocycles. The lowest BCUT2D eigenvalue weighted by Gasteiger charge is -2.16. The van der Waals surface area contributed by atoms with Crippen molar-refractivity contribution in [2.24, 2.45) is 0 Å². The van der Waals surface area contributed by atoms with E-state index in [2.05, 4.69) is 20.6 Å². The predicted octanol–water partition coefficient (Wildman–Crippen LogP) is 3.37. The number of furan rings is 1. The van der Waals surface area contributed by atoms with Crippen molar-refractivity contribution in [2.75, 3.05) is 31.8 Å². The molecule has 0 spiro atoms. The smallest absolute Gasteiger partial charge is 0.254 e. The van der Waals surface area contributed by atoms with Gasteiger partial charge in [-0.2, -0.15) is 4.98 Å². The molecule has 0 saturated carbocycles. The molecule has 0 bridgehead atoms. The molecule has 0 fully saturated rings. The van der Waals surface area contributed by atoms with Crippen molar-refractivity contribution >= 4 is 44.6 Å². The molecule has 37 heavy (non-hydrogen) atoms. The molecule has 4 rings (SSSR count). The van der Waals surface area contributed by atoms with E-state index in [0.717, 1.165) is 6.29 Å². The maximum absolute atomic E-state index is 12.8. The molecular weight excluding hydrogens is 498 g/mol. The van der Waals surface area contributed by atoms with Gasteiger partial charge in [0.05, 0.1) is 10.5 Å². The second-order valence-corrected chi connectivity index (χ2v) is 10.1. The van der Waals surface area contributed by atoms with Crippen LogP contribution in [0.25, 0.3) is 11.0 Å². The number of carbonyl (C=O) groups excluding carboxylic acids is 2. The number of nitrogens with one attached hydrogen (secondary N) is 2. The number of rotatable bonds is 11. The van der Waals surface area contributed by atoms with Gasteiger partial charge in [-0.3, -0.25) is 9.69 Å². The Hall–Kier alpha value is -4.29. The van der Waals surface area contributed by atoms with Crippen molar-refractivity contribution in [3.8, 4) is 11.6 Å². The Morgan fingerprint density at radius 1 is 1.19 bits per heavy atom. The second-order valence-electron chi connectivity index (χ2n) is 8.14. The number of anilines is 2. The number of hydrogen-bond donors (Lipinski definition) is 2. The molecule has 2 heterocycles. The normalized spacial score (nSPS) is 11.4. The molecule has 1 amide bonds. The minimum Gasteiger partial charge on any atom is -0.463 e. The fraction of sp³-hybridized carbons (Fsp3) is 0.200. The minimum absolute atomic E-state index is 0.130. The standard InChI is InChI=1S/C25H25N5O6S/c1-26-24(32)21-15-35-22-14-18(7-8-20(21)22)36-23-9-10-27-25(29-23)28-17-5-3-6-19(13-17)37(33,34)16-30(2)11-4-12-31/h3,5-10,12-15H,4,11,16H2,1-2H3,(H,26,32)(H,27,28,29). The van der Waals surface area contributed by atoms with Crippen molar-refractivity contribution in [3.05, 3.63) is 66.6 Å². The van der Waals surface area contributed by atoms with Crippen molar-refractivity contribution < 1.29 is 27.2 Å². The number of aldehydes is 1. The Labute approximate surface area is 213 Å². The van der Waals surface area contributed by atoms with Crippen LogP contribution in [0.15, 0.2) is 70.3 Å². The first-order chi connectivity index (χ1) is 17.8. The number of hydrogen-bond acceptors (Lipinski definition) is 10.